The van der Waals surface area contributed by atoms with E-state index in [1.807, 2.05) is 0 Å². The van der Waals surface area contributed by atoms with Gasteiger partial charge < -0.3 is 9.47 Å². The number of hydrogen-bond acceptors (Lipinski definition) is 6. The zero-order chi connectivity index (χ0) is 20.8. The quantitative estimate of drug-likeness (QED) is 0.542. The Hall–Kier alpha value is -2.83. The maximum absolute atomic E-state index is 12.9. The first kappa shape index (κ1) is 20.9. The molecule has 0 aliphatic heterocycles. The molecule has 4 rings (SSSR count). The Labute approximate surface area is 169 Å². The molecule has 0 aromatic carbocycles. The molecule has 7 heteroatoms. The number of ether oxygens (including phenoxy) is 2. The third-order valence-electron chi connectivity index (χ3n) is 5.00. The molecule has 0 spiro atoms. The second-order valence-electron chi connectivity index (χ2n) is 7.40. The van der Waals surface area contributed by atoms with Gasteiger partial charge in [-0.3, -0.25) is 4.98 Å². The predicted octanol–water partition coefficient (Wildman–Crippen LogP) is 3.78. The zero-order valence-electron chi connectivity index (χ0n) is 16.7. The van der Waals surface area contributed by atoms with Crippen molar-refractivity contribution < 1.29 is 23.5 Å². The number of rotatable bonds is 6. The average molecular weight is 400 g/mol. The molecule has 0 bridgehead atoms. The van der Waals surface area contributed by atoms with Crippen molar-refractivity contribution in [3.8, 4) is 0 Å². The summed E-state index contributed by atoms with van der Waals surface area (Å²) < 4.78 is 22.2. The van der Waals surface area contributed by atoms with Gasteiger partial charge in [0.15, 0.2) is 0 Å². The summed E-state index contributed by atoms with van der Waals surface area (Å²) in [7, 11) is 2.71. The Balaban J connectivity index is 0.000000166. The molecule has 2 saturated carbocycles. The topological polar surface area (TPSA) is 78.4 Å². The van der Waals surface area contributed by atoms with Crippen LogP contribution in [0.25, 0.3) is 0 Å². The standard InChI is InChI=1S/C11H12FNO2.C11H13NO2/c1-15-11(14)8-4-5-10(12)13-9(8)6-7-2-3-7;1-14-11(13)9-3-2-6-12-10(9)7-8-4-5-8/h4-5,7H,2-3,6H2,1H3;2-3,6,8H,4-5,7H2,1H3. The fourth-order valence-electron chi connectivity index (χ4n) is 3.01. The highest BCUT2D eigenvalue weighted by Gasteiger charge is 2.26. The Kier molecular flexibility index (Phi) is 6.90. The van der Waals surface area contributed by atoms with Crippen LogP contribution in [0.5, 0.6) is 0 Å². The molecule has 2 aromatic rings. The smallest absolute Gasteiger partial charge is 0.339 e. The highest BCUT2D eigenvalue weighted by Crippen LogP contribution is 2.33. The summed E-state index contributed by atoms with van der Waals surface area (Å²) in [5, 5.41) is 0. The molecule has 0 unspecified atom stereocenters. The normalized spacial score (nSPS) is 15.1. The molecule has 0 amide bonds. The Morgan fingerprint density at radius 1 is 0.931 bits per heavy atom. The van der Waals surface area contributed by atoms with Crippen molar-refractivity contribution in [2.45, 2.75) is 38.5 Å². The summed E-state index contributed by atoms with van der Waals surface area (Å²) in [4.78, 5) is 30.7. The van der Waals surface area contributed by atoms with Crippen LogP contribution in [0.3, 0.4) is 0 Å². The SMILES string of the molecule is COC(=O)c1ccc(F)nc1CC1CC1.COC(=O)c1cccnc1CC1CC1. The molecule has 2 fully saturated rings. The van der Waals surface area contributed by atoms with Crippen LogP contribution in [-0.2, 0) is 22.3 Å². The van der Waals surface area contributed by atoms with Crippen molar-refractivity contribution >= 4 is 11.9 Å². The number of carbonyl (C=O) groups is 2. The van der Waals surface area contributed by atoms with Gasteiger partial charge in [-0.05, 0) is 74.6 Å². The summed E-state index contributed by atoms with van der Waals surface area (Å²) in [6, 6.07) is 6.16. The van der Waals surface area contributed by atoms with Gasteiger partial charge in [-0.25, -0.2) is 14.6 Å². The van der Waals surface area contributed by atoms with Crippen LogP contribution in [0.2, 0.25) is 0 Å². The molecule has 0 N–H and O–H groups in total. The summed E-state index contributed by atoms with van der Waals surface area (Å²) in [5.41, 5.74) is 2.39. The second kappa shape index (κ2) is 9.58. The summed E-state index contributed by atoms with van der Waals surface area (Å²) in [6.45, 7) is 0. The van der Waals surface area contributed by atoms with Gasteiger partial charge in [0.2, 0.25) is 5.95 Å². The van der Waals surface area contributed by atoms with E-state index in [1.54, 1.807) is 18.3 Å². The van der Waals surface area contributed by atoms with Gasteiger partial charge in [-0.15, -0.1) is 0 Å². The van der Waals surface area contributed by atoms with E-state index in [1.165, 1.54) is 39.2 Å². The first-order chi connectivity index (χ1) is 14.0. The third-order valence-corrected chi connectivity index (χ3v) is 5.00. The predicted molar refractivity (Wildman–Crippen MR) is 104 cm³/mol. The van der Waals surface area contributed by atoms with E-state index in [2.05, 4.69) is 14.7 Å². The molecule has 2 aliphatic rings. The van der Waals surface area contributed by atoms with Crippen LogP contribution >= 0.6 is 0 Å². The molecule has 29 heavy (non-hydrogen) atoms. The molecule has 2 heterocycles. The van der Waals surface area contributed by atoms with Crippen molar-refractivity contribution in [2.75, 3.05) is 14.2 Å². The fraction of sp³-hybridized carbons (Fsp3) is 0.455. The first-order valence-corrected chi connectivity index (χ1v) is 9.77. The van der Waals surface area contributed by atoms with Crippen LogP contribution < -0.4 is 0 Å². The molecule has 6 nitrogen and oxygen atoms in total. The number of carbonyl (C=O) groups excluding carboxylic acids is 2. The lowest BCUT2D eigenvalue weighted by molar-refractivity contribution is 0.0589. The van der Waals surface area contributed by atoms with E-state index >= 15 is 0 Å². The van der Waals surface area contributed by atoms with E-state index in [-0.39, 0.29) is 5.97 Å². The minimum absolute atomic E-state index is 0.284. The lowest BCUT2D eigenvalue weighted by Gasteiger charge is -2.05. The van der Waals surface area contributed by atoms with E-state index in [4.69, 9.17) is 4.74 Å². The zero-order valence-corrected chi connectivity index (χ0v) is 16.7. The monoisotopic (exact) mass is 400 g/mol. The first-order valence-electron chi connectivity index (χ1n) is 9.77. The lowest BCUT2D eigenvalue weighted by Crippen LogP contribution is -2.09. The van der Waals surface area contributed by atoms with Gasteiger partial charge in [-0.1, -0.05) is 0 Å². The van der Waals surface area contributed by atoms with Crippen LogP contribution in [-0.4, -0.2) is 36.1 Å². The van der Waals surface area contributed by atoms with Crippen molar-refractivity contribution in [2.24, 2.45) is 11.8 Å². The van der Waals surface area contributed by atoms with Crippen molar-refractivity contribution in [3.05, 3.63) is 58.9 Å². The third kappa shape index (κ3) is 6.07. The minimum atomic E-state index is -0.543. The number of methoxy groups -OCH3 is 2. The van der Waals surface area contributed by atoms with Crippen LogP contribution in [0.15, 0.2) is 30.5 Å². The molecular formula is C22H25FN2O4. The van der Waals surface area contributed by atoms with Crippen molar-refractivity contribution in [1.82, 2.24) is 9.97 Å². The van der Waals surface area contributed by atoms with Crippen molar-refractivity contribution in [1.29, 1.82) is 0 Å². The summed E-state index contributed by atoms with van der Waals surface area (Å²) in [5.74, 6) is 0.0150. The van der Waals surface area contributed by atoms with Gasteiger partial charge >= 0.3 is 11.9 Å². The van der Waals surface area contributed by atoms with Crippen LogP contribution in [0, 0.1) is 17.8 Å². The molecule has 154 valence electrons. The van der Waals surface area contributed by atoms with Gasteiger partial charge in [-0.2, -0.15) is 4.39 Å². The molecule has 0 atom stereocenters. The maximum Gasteiger partial charge on any atom is 0.339 e. The molecule has 2 aliphatic carbocycles. The molecule has 0 saturated heterocycles. The summed E-state index contributed by atoms with van der Waals surface area (Å²) >= 11 is 0. The number of halogens is 1. The number of aromatic nitrogens is 2. The minimum Gasteiger partial charge on any atom is -0.465 e. The average Bonchev–Trinajstić information content (AvgIpc) is 3.65. The Morgan fingerprint density at radius 3 is 2.03 bits per heavy atom. The van der Waals surface area contributed by atoms with E-state index < -0.39 is 11.9 Å². The summed E-state index contributed by atoms with van der Waals surface area (Å²) in [6.07, 6.45) is 8.10. The van der Waals surface area contributed by atoms with Gasteiger partial charge in [0.25, 0.3) is 0 Å². The van der Waals surface area contributed by atoms with Gasteiger partial charge in [0, 0.05) is 6.20 Å². The van der Waals surface area contributed by atoms with Gasteiger partial charge in [0.1, 0.15) is 0 Å². The molecule has 0 radical (unpaired) electrons. The Morgan fingerprint density at radius 2 is 1.48 bits per heavy atom. The lowest BCUT2D eigenvalue weighted by atomic mass is 10.1. The van der Waals surface area contributed by atoms with Crippen LogP contribution in [0.4, 0.5) is 4.39 Å². The molecular weight excluding hydrogens is 375 g/mol. The fourth-order valence-corrected chi connectivity index (χ4v) is 3.01. The highest BCUT2D eigenvalue weighted by atomic mass is 19.1. The number of nitrogens with zero attached hydrogens (tertiary/aromatic N) is 2. The number of hydrogen-bond donors (Lipinski definition) is 0. The van der Waals surface area contributed by atoms with Crippen molar-refractivity contribution in [3.63, 3.8) is 0 Å². The highest BCUT2D eigenvalue weighted by molar-refractivity contribution is 5.90. The number of esters is 2. The molecule has 2 aromatic heterocycles. The largest absolute Gasteiger partial charge is 0.465 e. The Bertz CT molecular complexity index is 879. The van der Waals surface area contributed by atoms with E-state index in [9.17, 15) is 14.0 Å². The van der Waals surface area contributed by atoms with E-state index in [0.29, 0.717) is 29.2 Å². The van der Waals surface area contributed by atoms with E-state index in [0.717, 1.165) is 30.9 Å². The second-order valence-corrected chi connectivity index (χ2v) is 7.40. The van der Waals surface area contributed by atoms with Crippen LogP contribution in [0.1, 0.15) is 57.8 Å². The van der Waals surface area contributed by atoms with Gasteiger partial charge in [0.05, 0.1) is 36.7 Å². The number of pyridine rings is 2. The maximum atomic E-state index is 12.9.